The summed E-state index contributed by atoms with van der Waals surface area (Å²) in [5.41, 5.74) is 0. The molecule has 7 heteroatoms. The number of aromatic amines is 1. The summed E-state index contributed by atoms with van der Waals surface area (Å²) in [6, 6.07) is 0. The van der Waals surface area contributed by atoms with Crippen LogP contribution in [0.3, 0.4) is 0 Å². The molecule has 2 aromatic heterocycles. The standard InChI is InChI=1S/C18H31N4O3/c1-3-20-8-9-21(17-20)10-12-24-14-16-25-15-13-23-11-5-18-19-6-7-22(18)4-2/h6-9,17H,3-5,10-16H2,1-2H3/q+1/p+1. The Hall–Kier alpha value is -1.70. The van der Waals surface area contributed by atoms with Gasteiger partial charge in [0.25, 0.3) is 5.82 Å². The van der Waals surface area contributed by atoms with Gasteiger partial charge in [-0.2, -0.15) is 0 Å². The van der Waals surface area contributed by atoms with E-state index in [-0.39, 0.29) is 0 Å². The molecule has 0 aromatic carbocycles. The lowest BCUT2D eigenvalue weighted by molar-refractivity contribution is -0.699. The Balaban J connectivity index is 1.37. The number of rotatable bonds is 14. The van der Waals surface area contributed by atoms with Crippen LogP contribution in [0.2, 0.25) is 0 Å². The molecule has 0 fully saturated rings. The van der Waals surface area contributed by atoms with E-state index >= 15 is 0 Å². The van der Waals surface area contributed by atoms with Crippen molar-refractivity contribution in [1.29, 1.82) is 0 Å². The number of ether oxygens (including phenoxy) is 3. The second-order valence-electron chi connectivity index (χ2n) is 5.76. The Morgan fingerprint density at radius 1 is 0.960 bits per heavy atom. The van der Waals surface area contributed by atoms with Crippen molar-refractivity contribution in [2.24, 2.45) is 0 Å². The number of nitrogens with zero attached hydrogens (tertiary/aromatic N) is 3. The third kappa shape index (κ3) is 7.37. The lowest BCUT2D eigenvalue weighted by Crippen LogP contribution is -2.35. The summed E-state index contributed by atoms with van der Waals surface area (Å²) in [6.45, 7) is 11.0. The van der Waals surface area contributed by atoms with Crippen LogP contribution in [0.1, 0.15) is 19.7 Å². The van der Waals surface area contributed by atoms with Crippen LogP contribution >= 0.6 is 0 Å². The number of aromatic nitrogens is 4. The highest BCUT2D eigenvalue weighted by Crippen LogP contribution is 1.90. The van der Waals surface area contributed by atoms with Gasteiger partial charge in [-0.1, -0.05) is 0 Å². The van der Waals surface area contributed by atoms with E-state index in [1.165, 1.54) is 5.82 Å². The molecule has 7 nitrogen and oxygen atoms in total. The predicted molar refractivity (Wildman–Crippen MR) is 93.1 cm³/mol. The number of aryl methyl sites for hydroxylation is 2. The van der Waals surface area contributed by atoms with Crippen LogP contribution in [0.4, 0.5) is 0 Å². The smallest absolute Gasteiger partial charge is 0.256 e. The molecule has 2 aromatic rings. The van der Waals surface area contributed by atoms with Crippen LogP contribution in [0.5, 0.6) is 0 Å². The molecule has 140 valence electrons. The number of imidazole rings is 2. The highest BCUT2D eigenvalue weighted by molar-refractivity contribution is 4.77. The lowest BCUT2D eigenvalue weighted by Gasteiger charge is -2.06. The maximum Gasteiger partial charge on any atom is 0.256 e. The van der Waals surface area contributed by atoms with E-state index in [9.17, 15) is 0 Å². The monoisotopic (exact) mass is 352 g/mol. The molecule has 0 saturated heterocycles. The van der Waals surface area contributed by atoms with Gasteiger partial charge in [0.2, 0.25) is 6.33 Å². The van der Waals surface area contributed by atoms with Gasteiger partial charge in [0.15, 0.2) is 0 Å². The van der Waals surface area contributed by atoms with Crippen LogP contribution in [-0.4, -0.2) is 49.2 Å². The van der Waals surface area contributed by atoms with E-state index in [2.05, 4.69) is 57.5 Å². The zero-order valence-electron chi connectivity index (χ0n) is 15.5. The molecular weight excluding hydrogens is 320 g/mol. The molecule has 0 unspecified atom stereocenters. The first-order valence-corrected chi connectivity index (χ1v) is 9.17. The minimum Gasteiger partial charge on any atom is -0.378 e. The first kappa shape index (κ1) is 19.6. The molecule has 0 atom stereocenters. The highest BCUT2D eigenvalue weighted by atomic mass is 16.5. The number of hydrogen-bond donors (Lipinski definition) is 1. The van der Waals surface area contributed by atoms with Crippen molar-refractivity contribution in [3.05, 3.63) is 36.9 Å². The van der Waals surface area contributed by atoms with Crippen LogP contribution in [0.25, 0.3) is 0 Å². The lowest BCUT2D eigenvalue weighted by atomic mass is 10.4. The topological polar surface area (TPSA) is 56.2 Å². The van der Waals surface area contributed by atoms with E-state index in [4.69, 9.17) is 14.2 Å². The summed E-state index contributed by atoms with van der Waals surface area (Å²) < 4.78 is 23.2. The maximum absolute atomic E-state index is 5.60. The second-order valence-corrected chi connectivity index (χ2v) is 5.76. The van der Waals surface area contributed by atoms with Gasteiger partial charge < -0.3 is 14.2 Å². The largest absolute Gasteiger partial charge is 0.378 e. The fourth-order valence-electron chi connectivity index (χ4n) is 2.55. The van der Waals surface area contributed by atoms with Crippen LogP contribution in [-0.2, 0) is 40.3 Å². The molecule has 0 saturated carbocycles. The summed E-state index contributed by atoms with van der Waals surface area (Å²) in [5.74, 6) is 1.20. The first-order valence-electron chi connectivity index (χ1n) is 9.17. The van der Waals surface area contributed by atoms with Crippen LogP contribution in [0.15, 0.2) is 31.1 Å². The molecule has 1 N–H and O–H groups in total. The highest BCUT2D eigenvalue weighted by Gasteiger charge is 2.07. The SMILES string of the molecule is CCn1cc[n+](CCOCCOCCOCCc2[nH]cc[n+]2CC)c1. The molecule has 2 heterocycles. The van der Waals surface area contributed by atoms with Gasteiger partial charge in [-0.3, -0.25) is 0 Å². The molecule has 0 amide bonds. The van der Waals surface area contributed by atoms with Crippen molar-refractivity contribution in [2.75, 3.05) is 39.6 Å². The Morgan fingerprint density at radius 3 is 2.36 bits per heavy atom. The summed E-state index contributed by atoms with van der Waals surface area (Å²) in [4.78, 5) is 3.24. The Labute approximate surface area is 150 Å². The molecule has 0 bridgehead atoms. The zero-order chi connectivity index (χ0) is 17.7. The summed E-state index contributed by atoms with van der Waals surface area (Å²) in [6.07, 6.45) is 11.1. The van der Waals surface area contributed by atoms with E-state index in [1.807, 2.05) is 6.20 Å². The van der Waals surface area contributed by atoms with Gasteiger partial charge in [-0.15, -0.1) is 0 Å². The van der Waals surface area contributed by atoms with Crippen molar-refractivity contribution < 1.29 is 23.3 Å². The van der Waals surface area contributed by atoms with Crippen molar-refractivity contribution >= 4 is 0 Å². The number of H-pyrrole nitrogens is 1. The molecule has 0 aliphatic carbocycles. The van der Waals surface area contributed by atoms with E-state index in [1.54, 1.807) is 0 Å². The Morgan fingerprint density at radius 2 is 1.68 bits per heavy atom. The van der Waals surface area contributed by atoms with Gasteiger partial charge in [-0.05, 0) is 13.8 Å². The first-order chi connectivity index (χ1) is 12.3. The van der Waals surface area contributed by atoms with E-state index in [0.717, 1.165) is 26.1 Å². The average molecular weight is 352 g/mol. The summed E-state index contributed by atoms with van der Waals surface area (Å²) >= 11 is 0. The molecule has 0 aliphatic rings. The van der Waals surface area contributed by atoms with Crippen molar-refractivity contribution in [3.63, 3.8) is 0 Å². The molecule has 0 aliphatic heterocycles. The predicted octanol–water partition coefficient (Wildman–Crippen LogP) is 0.724. The molecule has 2 rings (SSSR count). The molecule has 0 radical (unpaired) electrons. The van der Waals surface area contributed by atoms with Crippen molar-refractivity contribution in [1.82, 2.24) is 9.55 Å². The summed E-state index contributed by atoms with van der Waals surface area (Å²) in [5, 5.41) is 0. The average Bonchev–Trinajstić information content (AvgIpc) is 3.28. The maximum atomic E-state index is 5.60. The van der Waals surface area contributed by atoms with Gasteiger partial charge in [0.05, 0.1) is 59.2 Å². The number of nitrogens with one attached hydrogen (secondary N) is 1. The second kappa shape index (κ2) is 11.8. The fraction of sp³-hybridized carbons (Fsp3) is 0.667. The Kier molecular flexibility index (Phi) is 9.25. The van der Waals surface area contributed by atoms with Crippen molar-refractivity contribution in [2.45, 2.75) is 39.9 Å². The van der Waals surface area contributed by atoms with Gasteiger partial charge in [0, 0.05) is 0 Å². The minimum atomic E-state index is 0.607. The van der Waals surface area contributed by atoms with Crippen LogP contribution in [0, 0.1) is 0 Å². The molecule has 25 heavy (non-hydrogen) atoms. The van der Waals surface area contributed by atoms with E-state index in [0.29, 0.717) is 39.6 Å². The third-order valence-corrected chi connectivity index (χ3v) is 4.02. The number of hydrogen-bond acceptors (Lipinski definition) is 3. The van der Waals surface area contributed by atoms with E-state index < -0.39 is 0 Å². The van der Waals surface area contributed by atoms with Gasteiger partial charge >= 0.3 is 0 Å². The normalized spacial score (nSPS) is 11.3. The third-order valence-electron chi connectivity index (χ3n) is 4.02. The van der Waals surface area contributed by atoms with Crippen molar-refractivity contribution in [3.8, 4) is 0 Å². The minimum absolute atomic E-state index is 0.607. The van der Waals surface area contributed by atoms with Gasteiger partial charge in [-0.25, -0.2) is 18.7 Å². The fourth-order valence-corrected chi connectivity index (χ4v) is 2.55. The van der Waals surface area contributed by atoms with Gasteiger partial charge in [0.1, 0.15) is 31.3 Å². The molecular formula is C18H32N4O3+2. The quantitative estimate of drug-likeness (QED) is 0.403. The summed E-state index contributed by atoms with van der Waals surface area (Å²) in [7, 11) is 0. The zero-order valence-corrected chi connectivity index (χ0v) is 15.5. The Bertz CT molecular complexity index is 582. The molecule has 0 spiro atoms. The van der Waals surface area contributed by atoms with Crippen LogP contribution < -0.4 is 9.13 Å².